The van der Waals surface area contributed by atoms with Gasteiger partial charge in [-0.3, -0.25) is 0 Å². The molecule has 0 aliphatic carbocycles. The predicted molar refractivity (Wildman–Crippen MR) is 84.3 cm³/mol. The van der Waals surface area contributed by atoms with Crippen molar-refractivity contribution in [3.05, 3.63) is 23.7 Å². The zero-order valence-corrected chi connectivity index (χ0v) is 14.2. The lowest BCUT2D eigenvalue weighted by Crippen LogP contribution is -2.24. The molecule has 4 nitrogen and oxygen atoms in total. The zero-order valence-electron chi connectivity index (χ0n) is 14.2. The Kier molecular flexibility index (Phi) is 6.46. The van der Waals surface area contributed by atoms with Gasteiger partial charge in [-0.15, -0.1) is 0 Å². The highest BCUT2D eigenvalue weighted by Gasteiger charge is 2.23. The second-order valence-corrected chi connectivity index (χ2v) is 6.91. The van der Waals surface area contributed by atoms with E-state index in [-0.39, 0.29) is 11.8 Å². The van der Waals surface area contributed by atoms with Crippen molar-refractivity contribution in [1.29, 1.82) is 0 Å². The van der Waals surface area contributed by atoms with Crippen molar-refractivity contribution in [3.63, 3.8) is 0 Å². The Morgan fingerprint density at radius 1 is 1.38 bits per heavy atom. The van der Waals surface area contributed by atoms with Crippen molar-refractivity contribution >= 4 is 5.97 Å². The van der Waals surface area contributed by atoms with Crippen LogP contribution in [0.1, 0.15) is 69.8 Å². The van der Waals surface area contributed by atoms with Crippen LogP contribution in [0.3, 0.4) is 0 Å². The summed E-state index contributed by atoms with van der Waals surface area (Å²) in [5, 5.41) is 3.44. The number of hydrogen-bond donors (Lipinski definition) is 1. The van der Waals surface area contributed by atoms with E-state index in [2.05, 4.69) is 44.7 Å². The number of carbonyl (C=O) groups is 1. The molecule has 0 saturated carbocycles. The number of hydrogen-bond acceptors (Lipinski definition) is 4. The van der Waals surface area contributed by atoms with Gasteiger partial charge in [0.1, 0.15) is 5.76 Å². The number of nitrogens with one attached hydrogen (secondary N) is 1. The second-order valence-electron chi connectivity index (χ2n) is 6.91. The number of methoxy groups -OCH3 is 1. The summed E-state index contributed by atoms with van der Waals surface area (Å²) in [5.74, 6) is 1.21. The van der Waals surface area contributed by atoms with Gasteiger partial charge in [0.15, 0.2) is 0 Å². The van der Waals surface area contributed by atoms with Crippen molar-refractivity contribution in [2.24, 2.45) is 11.3 Å². The normalized spacial score (nSPS) is 14.8. The molecule has 1 rings (SSSR count). The molecule has 0 bridgehead atoms. The second kappa shape index (κ2) is 7.64. The van der Waals surface area contributed by atoms with E-state index < -0.39 is 5.97 Å². The molecule has 1 aromatic rings. The maximum absolute atomic E-state index is 11.5. The van der Waals surface area contributed by atoms with Gasteiger partial charge in [-0.1, -0.05) is 34.6 Å². The van der Waals surface area contributed by atoms with E-state index in [1.807, 2.05) is 6.07 Å². The Balaban J connectivity index is 2.77. The molecule has 0 amide bonds. The van der Waals surface area contributed by atoms with Crippen molar-refractivity contribution in [1.82, 2.24) is 5.32 Å². The SMILES string of the molecule is CCNC(CC(C)CC(C)(C)C)c1ccc(C(=O)OC)o1. The molecular formula is C17H29NO3. The molecule has 0 saturated heterocycles. The van der Waals surface area contributed by atoms with Gasteiger partial charge in [-0.25, -0.2) is 4.79 Å². The van der Waals surface area contributed by atoms with Crippen LogP contribution < -0.4 is 5.32 Å². The summed E-state index contributed by atoms with van der Waals surface area (Å²) in [6.07, 6.45) is 2.14. The fourth-order valence-electron chi connectivity index (χ4n) is 2.83. The number of carbonyl (C=O) groups excluding carboxylic acids is 1. The maximum Gasteiger partial charge on any atom is 0.373 e. The maximum atomic E-state index is 11.5. The summed E-state index contributed by atoms with van der Waals surface area (Å²) < 4.78 is 10.3. The Morgan fingerprint density at radius 3 is 2.57 bits per heavy atom. The van der Waals surface area contributed by atoms with Gasteiger partial charge in [0.2, 0.25) is 5.76 Å². The summed E-state index contributed by atoms with van der Waals surface area (Å²) in [6.45, 7) is 12.0. The van der Waals surface area contributed by atoms with Crippen molar-refractivity contribution in [2.45, 2.75) is 53.5 Å². The fraction of sp³-hybridized carbons (Fsp3) is 0.706. The van der Waals surface area contributed by atoms with Crippen LogP contribution in [-0.2, 0) is 4.74 Å². The van der Waals surface area contributed by atoms with Crippen LogP contribution in [0.4, 0.5) is 0 Å². The van der Waals surface area contributed by atoms with E-state index in [0.717, 1.165) is 25.1 Å². The van der Waals surface area contributed by atoms with Gasteiger partial charge >= 0.3 is 5.97 Å². The Morgan fingerprint density at radius 2 is 2.05 bits per heavy atom. The van der Waals surface area contributed by atoms with Gasteiger partial charge in [-0.2, -0.15) is 0 Å². The molecule has 0 aliphatic rings. The van der Waals surface area contributed by atoms with E-state index >= 15 is 0 Å². The highest BCUT2D eigenvalue weighted by Crippen LogP contribution is 2.31. The minimum Gasteiger partial charge on any atom is -0.463 e. The van der Waals surface area contributed by atoms with E-state index in [0.29, 0.717) is 11.3 Å². The van der Waals surface area contributed by atoms with Gasteiger partial charge < -0.3 is 14.5 Å². The number of ether oxygens (including phenoxy) is 1. The van der Waals surface area contributed by atoms with Crippen LogP contribution in [0.15, 0.2) is 16.5 Å². The molecule has 4 heteroatoms. The van der Waals surface area contributed by atoms with Crippen molar-refractivity contribution in [3.8, 4) is 0 Å². The lowest BCUT2D eigenvalue weighted by Gasteiger charge is -2.26. The molecule has 1 aromatic heterocycles. The topological polar surface area (TPSA) is 51.5 Å². The highest BCUT2D eigenvalue weighted by molar-refractivity contribution is 5.86. The van der Waals surface area contributed by atoms with Gasteiger partial charge in [0, 0.05) is 0 Å². The Hall–Kier alpha value is -1.29. The molecule has 0 spiro atoms. The van der Waals surface area contributed by atoms with Gasteiger partial charge in [-0.05, 0) is 42.9 Å². The number of esters is 1. The monoisotopic (exact) mass is 295 g/mol. The summed E-state index contributed by atoms with van der Waals surface area (Å²) in [4.78, 5) is 11.5. The summed E-state index contributed by atoms with van der Waals surface area (Å²) >= 11 is 0. The predicted octanol–water partition coefficient (Wildman–Crippen LogP) is 4.18. The molecule has 0 aliphatic heterocycles. The Labute approximate surface area is 128 Å². The van der Waals surface area contributed by atoms with Crippen LogP contribution in [0.5, 0.6) is 0 Å². The van der Waals surface area contributed by atoms with Gasteiger partial charge in [0.05, 0.1) is 13.2 Å². The molecule has 0 aromatic carbocycles. The number of rotatable bonds is 7. The molecule has 120 valence electrons. The van der Waals surface area contributed by atoms with E-state index in [9.17, 15) is 4.79 Å². The van der Waals surface area contributed by atoms with Crippen LogP contribution in [0, 0.1) is 11.3 Å². The quantitative estimate of drug-likeness (QED) is 0.767. The number of furan rings is 1. The molecule has 2 unspecified atom stereocenters. The van der Waals surface area contributed by atoms with E-state index in [4.69, 9.17) is 4.42 Å². The minimum absolute atomic E-state index is 0.130. The lowest BCUT2D eigenvalue weighted by atomic mass is 9.82. The third-order valence-electron chi connectivity index (χ3n) is 3.41. The van der Waals surface area contributed by atoms with Crippen LogP contribution in [0.25, 0.3) is 0 Å². The van der Waals surface area contributed by atoms with Gasteiger partial charge in [0.25, 0.3) is 0 Å². The zero-order chi connectivity index (χ0) is 16.0. The van der Waals surface area contributed by atoms with E-state index in [1.54, 1.807) is 6.07 Å². The molecule has 0 fully saturated rings. The summed E-state index contributed by atoms with van der Waals surface area (Å²) in [6, 6.07) is 3.68. The average molecular weight is 295 g/mol. The van der Waals surface area contributed by atoms with Crippen molar-refractivity contribution < 1.29 is 13.9 Å². The average Bonchev–Trinajstić information content (AvgIpc) is 2.84. The molecule has 1 N–H and O–H groups in total. The molecule has 2 atom stereocenters. The summed E-state index contributed by atoms with van der Waals surface area (Å²) in [5.41, 5.74) is 0.316. The first-order valence-corrected chi connectivity index (χ1v) is 7.68. The van der Waals surface area contributed by atoms with Crippen LogP contribution in [-0.4, -0.2) is 19.6 Å². The van der Waals surface area contributed by atoms with Crippen molar-refractivity contribution in [2.75, 3.05) is 13.7 Å². The highest BCUT2D eigenvalue weighted by atomic mass is 16.5. The van der Waals surface area contributed by atoms with Crippen LogP contribution in [0.2, 0.25) is 0 Å². The summed E-state index contributed by atoms with van der Waals surface area (Å²) in [7, 11) is 1.36. The Bertz CT molecular complexity index is 445. The first-order chi connectivity index (χ1) is 9.76. The lowest BCUT2D eigenvalue weighted by molar-refractivity contribution is 0.0561. The van der Waals surface area contributed by atoms with Crippen LogP contribution >= 0.6 is 0 Å². The molecule has 0 radical (unpaired) electrons. The first kappa shape index (κ1) is 17.8. The molecule has 21 heavy (non-hydrogen) atoms. The van der Waals surface area contributed by atoms with E-state index in [1.165, 1.54) is 7.11 Å². The third-order valence-corrected chi connectivity index (χ3v) is 3.41. The fourth-order valence-corrected chi connectivity index (χ4v) is 2.83. The standard InChI is InChI=1S/C17H29NO3/c1-7-18-13(10-12(2)11-17(3,4)5)14-8-9-15(21-14)16(19)20-6/h8-9,12-13,18H,7,10-11H2,1-6H3. The third kappa shape index (κ3) is 5.92. The first-order valence-electron chi connectivity index (χ1n) is 7.68. The molecular weight excluding hydrogens is 266 g/mol. The minimum atomic E-state index is -0.431. The smallest absolute Gasteiger partial charge is 0.373 e. The largest absolute Gasteiger partial charge is 0.463 e. The molecule has 1 heterocycles.